The van der Waals surface area contributed by atoms with E-state index in [1.807, 2.05) is 0 Å². The molecule has 1 aromatic heterocycles. The quantitative estimate of drug-likeness (QED) is 0.270. The Hall–Kier alpha value is -3.52. The number of benzene rings is 3. The van der Waals surface area contributed by atoms with Crippen LogP contribution in [0.15, 0.2) is 67.0 Å². The molecule has 5 rings (SSSR count). The van der Waals surface area contributed by atoms with E-state index >= 15 is 0 Å². The summed E-state index contributed by atoms with van der Waals surface area (Å²) in [5, 5.41) is 8.48. The molecule has 7 nitrogen and oxygen atoms in total. The lowest BCUT2D eigenvalue weighted by molar-refractivity contribution is 0.0637. The van der Waals surface area contributed by atoms with Gasteiger partial charge in [-0.3, -0.25) is 23.9 Å². The van der Waals surface area contributed by atoms with E-state index in [-0.39, 0.29) is 38.6 Å². The third-order valence-corrected chi connectivity index (χ3v) is 6.61. The third-order valence-electron chi connectivity index (χ3n) is 5.47. The van der Waals surface area contributed by atoms with E-state index < -0.39 is 17.6 Å². The largest absolute Gasteiger partial charge is 0.288 e. The Morgan fingerprint density at radius 2 is 1.47 bits per heavy atom. The predicted molar refractivity (Wildman–Crippen MR) is 127 cm³/mol. The van der Waals surface area contributed by atoms with Gasteiger partial charge in [-0.25, -0.2) is 0 Å². The van der Waals surface area contributed by atoms with E-state index in [2.05, 4.69) is 10.2 Å². The van der Waals surface area contributed by atoms with Crippen LogP contribution in [0.5, 0.6) is 0 Å². The Morgan fingerprint density at radius 1 is 0.824 bits per heavy atom. The molecule has 0 fully saturated rings. The van der Waals surface area contributed by atoms with Gasteiger partial charge in [0.05, 0.1) is 44.0 Å². The Labute approximate surface area is 208 Å². The molecule has 0 radical (unpaired) electrons. The standard InChI is InChI=1S/C24H13Cl3N4O3/c25-16-8-4-3-7-15(16)22(32)20-18(10-9-17(26)21(20)27)31-12-28-29-19(31)11-30-23(33)13-5-1-2-6-14(13)24(30)34/h1-10,12H,11H2. The van der Waals surface area contributed by atoms with Crippen LogP contribution in [-0.4, -0.2) is 37.3 Å². The summed E-state index contributed by atoms with van der Waals surface area (Å²) in [5.74, 6) is -1.07. The van der Waals surface area contributed by atoms with Crippen LogP contribution in [0, 0.1) is 0 Å². The van der Waals surface area contributed by atoms with Crippen molar-refractivity contribution in [2.75, 3.05) is 0 Å². The molecule has 2 amide bonds. The minimum absolute atomic E-state index is 0.0319. The zero-order valence-electron chi connectivity index (χ0n) is 17.2. The van der Waals surface area contributed by atoms with Gasteiger partial charge in [-0.1, -0.05) is 59.1 Å². The summed E-state index contributed by atoms with van der Waals surface area (Å²) in [7, 11) is 0. The topological polar surface area (TPSA) is 85.2 Å². The monoisotopic (exact) mass is 510 g/mol. The lowest BCUT2D eigenvalue weighted by Crippen LogP contribution is -2.30. The van der Waals surface area contributed by atoms with Crippen molar-refractivity contribution < 1.29 is 14.4 Å². The molecule has 0 spiro atoms. The van der Waals surface area contributed by atoms with E-state index in [0.717, 1.165) is 4.90 Å². The molecule has 0 atom stereocenters. The van der Waals surface area contributed by atoms with Gasteiger partial charge in [0, 0.05) is 5.56 Å². The first-order valence-corrected chi connectivity index (χ1v) is 11.1. The van der Waals surface area contributed by atoms with Crippen molar-refractivity contribution in [3.05, 3.63) is 110 Å². The first kappa shape index (κ1) is 22.3. The van der Waals surface area contributed by atoms with Crippen molar-refractivity contribution >= 4 is 52.4 Å². The molecular weight excluding hydrogens is 499 g/mol. The van der Waals surface area contributed by atoms with Gasteiger partial charge in [-0.05, 0) is 36.4 Å². The molecule has 0 unspecified atom stereocenters. The molecule has 1 aliphatic rings. The zero-order valence-corrected chi connectivity index (χ0v) is 19.5. The van der Waals surface area contributed by atoms with Gasteiger partial charge >= 0.3 is 0 Å². The van der Waals surface area contributed by atoms with Gasteiger partial charge in [0.1, 0.15) is 6.33 Å². The number of aromatic nitrogens is 3. The number of fused-ring (bicyclic) bond motifs is 1. The van der Waals surface area contributed by atoms with Crippen molar-refractivity contribution in [3.8, 4) is 5.69 Å². The fourth-order valence-electron chi connectivity index (χ4n) is 3.83. The maximum atomic E-state index is 13.5. The van der Waals surface area contributed by atoms with Crippen LogP contribution in [0.25, 0.3) is 5.69 Å². The van der Waals surface area contributed by atoms with Crippen LogP contribution in [0.4, 0.5) is 0 Å². The molecule has 1 aliphatic heterocycles. The molecule has 0 saturated heterocycles. The van der Waals surface area contributed by atoms with Gasteiger partial charge < -0.3 is 0 Å². The van der Waals surface area contributed by atoms with Gasteiger partial charge in [0.2, 0.25) is 0 Å². The summed E-state index contributed by atoms with van der Waals surface area (Å²) in [5.41, 5.74) is 1.30. The van der Waals surface area contributed by atoms with Crippen LogP contribution < -0.4 is 0 Å². The molecule has 0 aliphatic carbocycles. The number of hydrogen-bond donors (Lipinski definition) is 0. The van der Waals surface area contributed by atoms with Crippen molar-refractivity contribution in [1.29, 1.82) is 0 Å². The van der Waals surface area contributed by atoms with Gasteiger partial charge in [0.25, 0.3) is 11.8 Å². The number of nitrogens with zero attached hydrogens (tertiary/aromatic N) is 4. The highest BCUT2D eigenvalue weighted by Crippen LogP contribution is 2.34. The van der Waals surface area contributed by atoms with E-state index in [1.54, 1.807) is 54.6 Å². The highest BCUT2D eigenvalue weighted by Gasteiger charge is 2.36. The lowest BCUT2D eigenvalue weighted by Gasteiger charge is -2.17. The summed E-state index contributed by atoms with van der Waals surface area (Å²) in [4.78, 5) is 40.2. The molecule has 0 saturated carbocycles. The van der Waals surface area contributed by atoms with Crippen LogP contribution in [-0.2, 0) is 6.54 Å². The molecule has 0 bridgehead atoms. The summed E-state index contributed by atoms with van der Waals surface area (Å²) in [6, 6.07) is 16.3. The number of halogens is 3. The van der Waals surface area contributed by atoms with Crippen molar-refractivity contribution in [3.63, 3.8) is 0 Å². The number of rotatable bonds is 5. The second kappa shape index (κ2) is 8.68. The smallest absolute Gasteiger partial charge is 0.261 e. The molecule has 10 heteroatoms. The number of hydrogen-bond acceptors (Lipinski definition) is 5. The lowest BCUT2D eigenvalue weighted by atomic mass is 10.0. The molecule has 3 aromatic carbocycles. The van der Waals surface area contributed by atoms with Gasteiger partial charge in [0.15, 0.2) is 11.6 Å². The maximum Gasteiger partial charge on any atom is 0.261 e. The van der Waals surface area contributed by atoms with E-state index in [1.165, 1.54) is 17.0 Å². The molecule has 0 N–H and O–H groups in total. The molecule has 2 heterocycles. The van der Waals surface area contributed by atoms with Crippen molar-refractivity contribution in [2.24, 2.45) is 0 Å². The minimum Gasteiger partial charge on any atom is -0.288 e. The molecule has 168 valence electrons. The summed E-state index contributed by atoms with van der Waals surface area (Å²) in [6.45, 7) is -0.160. The third kappa shape index (κ3) is 3.58. The second-order valence-corrected chi connectivity index (χ2v) is 8.62. The summed E-state index contributed by atoms with van der Waals surface area (Å²) >= 11 is 19.0. The maximum absolute atomic E-state index is 13.5. The minimum atomic E-state index is -0.450. The van der Waals surface area contributed by atoms with E-state index in [0.29, 0.717) is 16.8 Å². The highest BCUT2D eigenvalue weighted by molar-refractivity contribution is 6.45. The summed E-state index contributed by atoms with van der Waals surface area (Å²) in [6.07, 6.45) is 1.37. The Morgan fingerprint density at radius 3 is 2.15 bits per heavy atom. The average molecular weight is 512 g/mol. The molecular formula is C24H13Cl3N4O3. The Kier molecular flexibility index (Phi) is 5.69. The van der Waals surface area contributed by atoms with Crippen LogP contribution >= 0.6 is 34.8 Å². The van der Waals surface area contributed by atoms with Crippen LogP contribution in [0.2, 0.25) is 15.1 Å². The molecule has 34 heavy (non-hydrogen) atoms. The fourth-order valence-corrected chi connectivity index (χ4v) is 4.45. The van der Waals surface area contributed by atoms with Crippen molar-refractivity contribution in [2.45, 2.75) is 6.54 Å². The first-order chi connectivity index (χ1) is 16.4. The van der Waals surface area contributed by atoms with E-state index in [9.17, 15) is 14.4 Å². The first-order valence-electron chi connectivity index (χ1n) is 10.00. The van der Waals surface area contributed by atoms with Crippen molar-refractivity contribution in [1.82, 2.24) is 19.7 Å². The number of carbonyl (C=O) groups is 3. The Balaban J connectivity index is 1.58. The number of imide groups is 1. The second-order valence-electron chi connectivity index (χ2n) is 7.42. The summed E-state index contributed by atoms with van der Waals surface area (Å²) < 4.78 is 1.50. The predicted octanol–water partition coefficient (Wildman–Crippen LogP) is 5.25. The van der Waals surface area contributed by atoms with Gasteiger partial charge in [-0.2, -0.15) is 0 Å². The fraction of sp³-hybridized carbons (Fsp3) is 0.0417. The van der Waals surface area contributed by atoms with Crippen LogP contribution in [0.1, 0.15) is 42.5 Å². The van der Waals surface area contributed by atoms with Gasteiger partial charge in [-0.15, -0.1) is 10.2 Å². The average Bonchev–Trinajstić information content (AvgIpc) is 3.39. The number of amides is 2. The SMILES string of the molecule is O=C(c1ccccc1Cl)c1c(-n2cnnc2CN2C(=O)c3ccccc3C2=O)ccc(Cl)c1Cl. The number of ketones is 1. The Bertz CT molecular complexity index is 1460. The molecule has 4 aromatic rings. The number of carbonyl (C=O) groups excluding carboxylic acids is 3. The zero-order chi connectivity index (χ0) is 24.0. The normalized spacial score (nSPS) is 12.9. The van der Waals surface area contributed by atoms with E-state index in [4.69, 9.17) is 34.8 Å². The highest BCUT2D eigenvalue weighted by atomic mass is 35.5. The van der Waals surface area contributed by atoms with Crippen LogP contribution in [0.3, 0.4) is 0 Å².